The molecule has 0 saturated carbocycles. The van der Waals surface area contributed by atoms with Crippen LogP contribution >= 0.6 is 6.89 Å². The van der Waals surface area contributed by atoms with Gasteiger partial charge in [0.25, 0.3) is 0 Å². The molecule has 0 saturated heterocycles. The van der Waals surface area contributed by atoms with Crippen molar-refractivity contribution in [3.8, 4) is 0 Å². The molecular formula is C29H31O3P. The summed E-state index contributed by atoms with van der Waals surface area (Å²) in [5.74, 6) is -0.885. The van der Waals surface area contributed by atoms with Gasteiger partial charge in [0.2, 0.25) is 0 Å². The minimum Gasteiger partial charge on any atom is -0.456 e. The molecule has 0 atom stereocenters. The average Bonchev–Trinajstić information content (AvgIpc) is 2.77. The van der Waals surface area contributed by atoms with Crippen molar-refractivity contribution in [2.24, 2.45) is 0 Å². The van der Waals surface area contributed by atoms with Gasteiger partial charge in [0.05, 0.1) is 0 Å². The summed E-state index contributed by atoms with van der Waals surface area (Å²) in [6, 6.07) is 29.6. The number of esters is 1. The molecule has 0 amide bonds. The lowest BCUT2D eigenvalue weighted by Crippen LogP contribution is -2.40. The van der Waals surface area contributed by atoms with Crippen molar-refractivity contribution >= 4 is 39.8 Å². The lowest BCUT2D eigenvalue weighted by Gasteiger charge is -2.32. The van der Waals surface area contributed by atoms with Crippen molar-refractivity contribution in [3.63, 3.8) is 0 Å². The summed E-state index contributed by atoms with van der Waals surface area (Å²) < 4.78 is 5.87. The van der Waals surface area contributed by atoms with Crippen molar-refractivity contribution in [1.29, 1.82) is 0 Å². The molecule has 0 spiro atoms. The quantitative estimate of drug-likeness (QED) is 0.225. The highest BCUT2D eigenvalue weighted by atomic mass is 31.2. The van der Waals surface area contributed by atoms with Crippen LogP contribution in [0.5, 0.6) is 0 Å². The highest BCUT2D eigenvalue weighted by Crippen LogP contribution is 2.47. The number of hydrogen-bond acceptors (Lipinski definition) is 3. The van der Waals surface area contributed by atoms with Crippen LogP contribution in [0.4, 0.5) is 0 Å². The first kappa shape index (κ1) is 24.5. The monoisotopic (exact) mass is 458 g/mol. The summed E-state index contributed by atoms with van der Waals surface area (Å²) in [7, 11) is 0. The van der Waals surface area contributed by atoms with Gasteiger partial charge in [0.1, 0.15) is 10.9 Å². The SMILES string of the molecule is CC(C)=CC(=O)C(C(=O)OC(C)(C)C)=P(c1ccccc1)(c1ccccc1)c1ccccc1. The van der Waals surface area contributed by atoms with Gasteiger partial charge in [-0.15, -0.1) is 0 Å². The van der Waals surface area contributed by atoms with Crippen molar-refractivity contribution in [3.05, 3.63) is 103 Å². The van der Waals surface area contributed by atoms with E-state index in [4.69, 9.17) is 4.74 Å². The van der Waals surface area contributed by atoms with E-state index in [9.17, 15) is 9.59 Å². The van der Waals surface area contributed by atoms with Crippen LogP contribution in [0.15, 0.2) is 103 Å². The van der Waals surface area contributed by atoms with Gasteiger partial charge in [-0.2, -0.15) is 0 Å². The Morgan fingerprint density at radius 2 is 1.06 bits per heavy atom. The molecule has 0 bridgehead atoms. The minimum absolute atomic E-state index is 0.183. The second-order valence-corrected chi connectivity index (χ2v) is 12.5. The second-order valence-electron chi connectivity index (χ2n) is 9.11. The molecule has 0 N–H and O–H groups in total. The van der Waals surface area contributed by atoms with Crippen LogP contribution in [0.25, 0.3) is 0 Å². The van der Waals surface area contributed by atoms with E-state index >= 15 is 0 Å². The maximum absolute atomic E-state index is 13.9. The van der Waals surface area contributed by atoms with Crippen molar-refractivity contribution < 1.29 is 14.3 Å². The van der Waals surface area contributed by atoms with E-state index in [1.54, 1.807) is 6.08 Å². The predicted octanol–water partition coefficient (Wildman–Crippen LogP) is 5.03. The third-order valence-electron chi connectivity index (χ3n) is 5.01. The average molecular weight is 459 g/mol. The Bertz CT molecular complexity index is 1090. The zero-order valence-electron chi connectivity index (χ0n) is 19.9. The Kier molecular flexibility index (Phi) is 7.56. The van der Waals surface area contributed by atoms with Gasteiger partial charge in [-0.1, -0.05) is 96.6 Å². The fraction of sp³-hybridized carbons (Fsp3) is 0.207. The van der Waals surface area contributed by atoms with Crippen molar-refractivity contribution in [2.45, 2.75) is 40.2 Å². The zero-order chi connectivity index (χ0) is 24.1. The molecule has 0 aliphatic carbocycles. The Hall–Kier alpha value is -3.16. The Labute approximate surface area is 197 Å². The highest BCUT2D eigenvalue weighted by Gasteiger charge is 2.38. The maximum atomic E-state index is 13.9. The first-order valence-electron chi connectivity index (χ1n) is 11.0. The van der Waals surface area contributed by atoms with Gasteiger partial charge < -0.3 is 4.74 Å². The van der Waals surface area contributed by atoms with Crippen LogP contribution in [0.3, 0.4) is 0 Å². The molecule has 0 fully saturated rings. The van der Waals surface area contributed by atoms with Crippen molar-refractivity contribution in [1.82, 2.24) is 0 Å². The smallest absolute Gasteiger partial charge is 0.343 e. The first-order valence-corrected chi connectivity index (χ1v) is 12.8. The lowest BCUT2D eigenvalue weighted by molar-refractivity contribution is -0.146. The summed E-state index contributed by atoms with van der Waals surface area (Å²) in [6.45, 7) is 6.31. The first-order chi connectivity index (χ1) is 15.7. The Balaban J connectivity index is 2.63. The Morgan fingerprint density at radius 1 is 0.697 bits per heavy atom. The molecule has 0 unspecified atom stereocenters. The van der Waals surface area contributed by atoms with Crippen LogP contribution in [0.2, 0.25) is 0 Å². The lowest BCUT2D eigenvalue weighted by atomic mass is 10.1. The molecule has 3 nitrogen and oxygen atoms in total. The molecule has 0 aliphatic rings. The third-order valence-corrected chi connectivity index (χ3v) is 9.30. The number of carbonyl (C=O) groups excluding carboxylic acids is 2. The molecule has 3 rings (SSSR count). The normalized spacial score (nSPS) is 11.4. The van der Waals surface area contributed by atoms with Crippen LogP contribution in [-0.2, 0) is 14.3 Å². The van der Waals surface area contributed by atoms with E-state index in [2.05, 4.69) is 0 Å². The fourth-order valence-electron chi connectivity index (χ4n) is 3.85. The van der Waals surface area contributed by atoms with Gasteiger partial charge in [0, 0.05) is 0 Å². The van der Waals surface area contributed by atoms with E-state index in [1.807, 2.05) is 126 Å². The van der Waals surface area contributed by atoms with Gasteiger partial charge >= 0.3 is 5.97 Å². The van der Waals surface area contributed by atoms with E-state index in [0.29, 0.717) is 0 Å². The van der Waals surface area contributed by atoms with Crippen LogP contribution in [-0.4, -0.2) is 22.6 Å². The number of ether oxygens (including phenoxy) is 1. The highest BCUT2D eigenvalue weighted by molar-refractivity contribution is 7.97. The summed E-state index contributed by atoms with van der Waals surface area (Å²) in [5, 5.41) is 2.97. The van der Waals surface area contributed by atoms with Crippen LogP contribution < -0.4 is 15.9 Å². The molecular weight excluding hydrogens is 427 g/mol. The fourth-order valence-corrected chi connectivity index (χ4v) is 8.09. The number of hydrogen-bond donors (Lipinski definition) is 0. The minimum atomic E-state index is -2.87. The number of ketones is 1. The topological polar surface area (TPSA) is 43.4 Å². The van der Waals surface area contributed by atoms with Crippen molar-refractivity contribution in [2.75, 3.05) is 0 Å². The van der Waals surface area contributed by atoms with Gasteiger partial charge in [-0.3, -0.25) is 4.79 Å². The Morgan fingerprint density at radius 3 is 1.36 bits per heavy atom. The van der Waals surface area contributed by atoms with Gasteiger partial charge in [-0.05, 0) is 63.5 Å². The molecule has 3 aromatic carbocycles. The zero-order valence-corrected chi connectivity index (χ0v) is 20.8. The van der Waals surface area contributed by atoms with Gasteiger partial charge in [0.15, 0.2) is 5.78 Å². The van der Waals surface area contributed by atoms with E-state index in [0.717, 1.165) is 21.5 Å². The van der Waals surface area contributed by atoms with Crippen LogP contribution in [0.1, 0.15) is 34.6 Å². The molecule has 0 aromatic heterocycles. The van der Waals surface area contributed by atoms with Crippen LogP contribution in [0, 0.1) is 0 Å². The third kappa shape index (κ3) is 5.43. The largest absolute Gasteiger partial charge is 0.456 e. The number of allylic oxidation sites excluding steroid dienone is 2. The van der Waals surface area contributed by atoms with E-state index in [1.165, 1.54) is 0 Å². The van der Waals surface area contributed by atoms with E-state index in [-0.39, 0.29) is 11.1 Å². The molecule has 0 heterocycles. The summed E-state index contributed by atoms with van der Waals surface area (Å²) in [6.07, 6.45) is 1.54. The number of carbonyl (C=O) groups is 2. The maximum Gasteiger partial charge on any atom is 0.343 e. The molecule has 3 aromatic rings. The number of benzene rings is 3. The molecule has 170 valence electrons. The molecule has 4 heteroatoms. The van der Waals surface area contributed by atoms with E-state index < -0.39 is 18.5 Å². The van der Waals surface area contributed by atoms with Gasteiger partial charge in [-0.25, -0.2) is 4.79 Å². The standard InChI is InChI=1S/C29H31O3P/c1-22(2)21-26(30)27(28(31)32-29(3,4)5)33(23-15-9-6-10-16-23,24-17-11-7-12-18-24)25-19-13-8-14-20-25/h6-21H,1-5H3. The molecule has 33 heavy (non-hydrogen) atoms. The molecule has 0 radical (unpaired) electrons. The molecule has 0 aliphatic heterocycles. The summed E-state index contributed by atoms with van der Waals surface area (Å²) >= 11 is 0. The summed E-state index contributed by atoms with van der Waals surface area (Å²) in [4.78, 5) is 27.7. The number of rotatable bonds is 6. The predicted molar refractivity (Wildman–Crippen MR) is 140 cm³/mol. The summed E-state index contributed by atoms with van der Waals surface area (Å²) in [5.41, 5.74) is 0.0844. The second kappa shape index (κ2) is 10.2.